The van der Waals surface area contributed by atoms with Crippen LogP contribution in [-0.2, 0) is 17.8 Å². The average Bonchev–Trinajstić information content (AvgIpc) is 3.42. The summed E-state index contributed by atoms with van der Waals surface area (Å²) in [5.41, 5.74) is 4.06. The van der Waals surface area contributed by atoms with E-state index in [1.807, 2.05) is 25.2 Å². The summed E-state index contributed by atoms with van der Waals surface area (Å²) >= 11 is 0. The van der Waals surface area contributed by atoms with Gasteiger partial charge in [-0.05, 0) is 76.4 Å². The number of allylic oxidation sites excluding steroid dienone is 7. The lowest BCUT2D eigenvalue weighted by molar-refractivity contribution is -0.128. The van der Waals surface area contributed by atoms with Crippen LogP contribution in [0.2, 0.25) is 0 Å². The summed E-state index contributed by atoms with van der Waals surface area (Å²) in [5, 5.41) is 20.2. The number of nitrogens with zero attached hydrogens (tertiary/aromatic N) is 7. The summed E-state index contributed by atoms with van der Waals surface area (Å²) < 4.78 is 6.27. The zero-order chi connectivity index (χ0) is 30.3. The number of ether oxygens (including phenoxy) is 1. The summed E-state index contributed by atoms with van der Waals surface area (Å²) in [6, 6.07) is 2.70. The van der Waals surface area contributed by atoms with E-state index in [1.165, 1.54) is 6.08 Å². The van der Waals surface area contributed by atoms with E-state index in [0.717, 1.165) is 73.5 Å². The third-order valence-electron chi connectivity index (χ3n) is 8.82. The van der Waals surface area contributed by atoms with Gasteiger partial charge in [0.1, 0.15) is 18.2 Å². The van der Waals surface area contributed by atoms with E-state index >= 15 is 0 Å². The Labute approximate surface area is 254 Å². The maximum absolute atomic E-state index is 12.5. The Hall–Kier alpha value is -4.10. The molecule has 228 valence electrons. The minimum absolute atomic E-state index is 0.151. The molecule has 0 unspecified atom stereocenters. The number of hydrogen-bond donors (Lipinski definition) is 1. The maximum atomic E-state index is 12.5. The van der Waals surface area contributed by atoms with E-state index in [0.29, 0.717) is 44.8 Å². The van der Waals surface area contributed by atoms with Crippen molar-refractivity contribution in [3.8, 4) is 12.1 Å². The van der Waals surface area contributed by atoms with Crippen molar-refractivity contribution in [1.29, 1.82) is 5.26 Å². The fourth-order valence-electron chi connectivity index (χ4n) is 6.42. The first-order valence-electron chi connectivity index (χ1n) is 15.3. The second kappa shape index (κ2) is 13.9. The van der Waals surface area contributed by atoms with Crippen molar-refractivity contribution in [2.75, 3.05) is 51.3 Å². The first-order chi connectivity index (χ1) is 20.9. The quantitative estimate of drug-likeness (QED) is 0.474. The Morgan fingerprint density at radius 3 is 2.81 bits per heavy atom. The Bertz CT molecular complexity index is 1370. The molecule has 1 N–H and O–H groups in total. The molecule has 0 aromatic carbocycles. The fraction of sp³-hybridized carbons (Fsp3) is 0.515. The molecular weight excluding hydrogens is 542 g/mol. The highest BCUT2D eigenvalue weighted by molar-refractivity contribution is 5.87. The summed E-state index contributed by atoms with van der Waals surface area (Å²) in [4.78, 5) is 31.0. The minimum Gasteiger partial charge on any atom is -0.508 e. The van der Waals surface area contributed by atoms with E-state index in [1.54, 1.807) is 11.0 Å². The lowest BCUT2D eigenvalue weighted by Crippen LogP contribution is -2.55. The van der Waals surface area contributed by atoms with Crippen molar-refractivity contribution in [1.82, 2.24) is 24.7 Å². The molecular formula is C33H43N7O3. The first-order valence-corrected chi connectivity index (χ1v) is 15.3. The zero-order valence-electron chi connectivity index (χ0n) is 25.4. The number of anilines is 1. The van der Waals surface area contributed by atoms with Crippen molar-refractivity contribution in [3.05, 3.63) is 71.3 Å². The van der Waals surface area contributed by atoms with Gasteiger partial charge in [-0.25, -0.2) is 0 Å². The fourth-order valence-corrected chi connectivity index (χ4v) is 6.42. The van der Waals surface area contributed by atoms with Crippen LogP contribution >= 0.6 is 0 Å². The Kier molecular flexibility index (Phi) is 9.82. The smallest absolute Gasteiger partial charge is 0.318 e. The van der Waals surface area contributed by atoms with Gasteiger partial charge in [-0.2, -0.15) is 15.2 Å². The highest BCUT2D eigenvalue weighted by Gasteiger charge is 2.33. The summed E-state index contributed by atoms with van der Waals surface area (Å²) in [5.74, 6) is 0.926. The van der Waals surface area contributed by atoms with Crippen molar-refractivity contribution in [2.24, 2.45) is 0 Å². The number of fused-ring (bicyclic) bond motifs is 1. The SMILES string of the molecule is C=CC(=O)N1CCN(c2nc(OC[C@H]3CCCN3C)nc3c2CCN(/C2=C/C(O)=C\C(C)=C\C=C/CC2)C3)C[C@@H]1CC#N. The van der Waals surface area contributed by atoms with Crippen molar-refractivity contribution in [3.63, 3.8) is 0 Å². The second-order valence-electron chi connectivity index (χ2n) is 11.8. The number of carbonyl (C=O) groups excluding carboxylic acids is 1. The van der Waals surface area contributed by atoms with Crippen LogP contribution in [0, 0.1) is 11.3 Å². The maximum Gasteiger partial charge on any atom is 0.318 e. The zero-order valence-corrected chi connectivity index (χ0v) is 25.4. The molecule has 1 amide bonds. The molecule has 4 heterocycles. The molecule has 0 bridgehead atoms. The third kappa shape index (κ3) is 7.28. The largest absolute Gasteiger partial charge is 0.508 e. The lowest BCUT2D eigenvalue weighted by atomic mass is 10.0. The standard InChI is InChI=1S/C33H43N7O3/c1-4-31(42)40-18-17-39(21-26(40)12-14-34)32-29-13-16-38(25-10-7-5-6-9-24(2)19-28(41)20-25)22-30(29)35-33(36-32)43-23-27-11-8-15-37(27)3/h4-6,9,19-20,26-27,41H,1,7-8,10-13,15-18,21-23H2,2-3H3/b6-5-,24-9+,25-20+,28-19+/t26-,27+/m0/s1. The van der Waals surface area contributed by atoms with Crippen LogP contribution < -0.4 is 9.64 Å². The molecule has 1 aromatic heterocycles. The van der Waals surface area contributed by atoms with Gasteiger partial charge in [0, 0.05) is 43.5 Å². The predicted octanol–water partition coefficient (Wildman–Crippen LogP) is 4.05. The number of likely N-dealkylation sites (N-methyl/N-ethyl adjacent to an activating group) is 1. The number of rotatable bonds is 7. The van der Waals surface area contributed by atoms with Gasteiger partial charge in [-0.3, -0.25) is 4.79 Å². The van der Waals surface area contributed by atoms with Crippen LogP contribution in [0.4, 0.5) is 5.82 Å². The van der Waals surface area contributed by atoms with E-state index in [4.69, 9.17) is 14.7 Å². The van der Waals surface area contributed by atoms with Crippen molar-refractivity contribution >= 4 is 11.7 Å². The van der Waals surface area contributed by atoms with Crippen LogP contribution in [0.1, 0.15) is 50.3 Å². The molecule has 2 fully saturated rings. The molecule has 10 heteroatoms. The number of aliphatic hydroxyl groups is 1. The summed E-state index contributed by atoms with van der Waals surface area (Å²) in [6.45, 7) is 10.2. The Morgan fingerprint density at radius 2 is 2.05 bits per heavy atom. The van der Waals surface area contributed by atoms with Gasteiger partial charge in [-0.15, -0.1) is 0 Å². The average molecular weight is 586 g/mol. The van der Waals surface area contributed by atoms with Gasteiger partial charge in [0.25, 0.3) is 0 Å². The van der Waals surface area contributed by atoms with Gasteiger partial charge < -0.3 is 29.4 Å². The van der Waals surface area contributed by atoms with Gasteiger partial charge in [0.2, 0.25) is 5.91 Å². The molecule has 0 saturated carbocycles. The monoisotopic (exact) mass is 585 g/mol. The number of piperazine rings is 1. The molecule has 4 aliphatic rings. The number of aromatic nitrogens is 2. The Balaban J connectivity index is 1.45. The van der Waals surface area contributed by atoms with E-state index < -0.39 is 0 Å². The van der Waals surface area contributed by atoms with Gasteiger partial charge in [0.05, 0.1) is 30.8 Å². The number of nitriles is 1. The molecule has 2 atom stereocenters. The molecule has 5 rings (SSSR count). The van der Waals surface area contributed by atoms with Gasteiger partial charge >= 0.3 is 6.01 Å². The highest BCUT2D eigenvalue weighted by Crippen LogP contribution is 2.33. The lowest BCUT2D eigenvalue weighted by Gasteiger charge is -2.42. The van der Waals surface area contributed by atoms with Crippen LogP contribution in [0.15, 0.2) is 60.1 Å². The first kappa shape index (κ1) is 30.4. The molecule has 10 nitrogen and oxygen atoms in total. The number of hydrogen-bond acceptors (Lipinski definition) is 9. The van der Waals surface area contributed by atoms with Gasteiger partial charge in [-0.1, -0.05) is 24.8 Å². The van der Waals surface area contributed by atoms with Crippen molar-refractivity contribution < 1.29 is 14.6 Å². The normalized spacial score (nSPS) is 27.5. The molecule has 43 heavy (non-hydrogen) atoms. The number of likely N-dealkylation sites (tertiary alicyclic amines) is 1. The predicted molar refractivity (Wildman–Crippen MR) is 166 cm³/mol. The molecule has 3 aliphatic heterocycles. The third-order valence-corrected chi connectivity index (χ3v) is 8.82. The van der Waals surface area contributed by atoms with Gasteiger partial charge in [0.15, 0.2) is 0 Å². The number of carbonyl (C=O) groups is 1. The minimum atomic E-state index is -0.250. The van der Waals surface area contributed by atoms with Crippen LogP contribution in [-0.4, -0.2) is 94.1 Å². The molecule has 1 aliphatic carbocycles. The molecule has 2 saturated heterocycles. The highest BCUT2D eigenvalue weighted by atomic mass is 16.5. The van der Waals surface area contributed by atoms with E-state index in [2.05, 4.69) is 40.5 Å². The van der Waals surface area contributed by atoms with E-state index in [-0.39, 0.29) is 24.1 Å². The summed E-state index contributed by atoms with van der Waals surface area (Å²) in [6.07, 6.45) is 16.1. The number of aliphatic hydroxyl groups excluding tert-OH is 1. The van der Waals surface area contributed by atoms with E-state index in [9.17, 15) is 15.2 Å². The van der Waals surface area contributed by atoms with Crippen LogP contribution in [0.3, 0.4) is 0 Å². The summed E-state index contributed by atoms with van der Waals surface area (Å²) in [7, 11) is 2.13. The Morgan fingerprint density at radius 1 is 1.19 bits per heavy atom. The van der Waals surface area contributed by atoms with Crippen LogP contribution in [0.5, 0.6) is 6.01 Å². The molecule has 0 radical (unpaired) electrons. The molecule has 0 spiro atoms. The topological polar surface area (TPSA) is 109 Å². The molecule has 1 aromatic rings. The second-order valence-corrected chi connectivity index (χ2v) is 11.8. The van der Waals surface area contributed by atoms with Crippen molar-refractivity contribution in [2.45, 2.75) is 64.1 Å². The number of amides is 1. The van der Waals surface area contributed by atoms with Crippen LogP contribution in [0.25, 0.3) is 0 Å².